The minimum atomic E-state index is -1.18. The number of likely N-dealkylation sites (N-methyl/N-ethyl adjacent to an activating group) is 1. The second-order valence-corrected chi connectivity index (χ2v) is 4.54. The number of quaternary nitrogens is 1. The lowest BCUT2D eigenvalue weighted by molar-refractivity contribution is -0.873. The maximum Gasteiger partial charge on any atom is 0.106 e. The summed E-state index contributed by atoms with van der Waals surface area (Å²) >= 11 is 0. The molecule has 0 aliphatic carbocycles. The summed E-state index contributed by atoms with van der Waals surface area (Å²) in [6, 6.07) is 0. The third-order valence-corrected chi connectivity index (χ3v) is 1.78. The van der Waals surface area contributed by atoms with Crippen LogP contribution in [0.1, 0.15) is 13.3 Å². The lowest BCUT2D eigenvalue weighted by Crippen LogP contribution is -2.41. The highest BCUT2D eigenvalue weighted by atomic mass is 35.5. The van der Waals surface area contributed by atoms with E-state index in [1.807, 2.05) is 21.1 Å². The number of nitrogens with zero attached hydrogens (tertiary/aromatic N) is 1. The lowest BCUT2D eigenvalue weighted by atomic mass is 10.1. The summed E-state index contributed by atoms with van der Waals surface area (Å²) in [5.41, 5.74) is 0.172. The van der Waals surface area contributed by atoms with Gasteiger partial charge < -0.3 is 19.5 Å². The molecular formula is C10H20ClNO3. The van der Waals surface area contributed by atoms with Crippen molar-refractivity contribution in [2.45, 2.75) is 19.4 Å². The van der Waals surface area contributed by atoms with E-state index in [0.29, 0.717) is 17.4 Å². The Bertz CT molecular complexity index is 233. The molecule has 1 unspecified atom stereocenters. The summed E-state index contributed by atoms with van der Waals surface area (Å²) < 4.78 is 0.652. The average Bonchev–Trinajstić information content (AvgIpc) is 1.96. The van der Waals surface area contributed by atoms with Gasteiger partial charge in [-0.2, -0.15) is 0 Å². The lowest BCUT2D eigenvalue weighted by Gasteiger charge is -2.26. The Balaban J connectivity index is 0. The maximum absolute atomic E-state index is 10.3. The predicted octanol–water partition coefficient (Wildman–Crippen LogP) is -0.438. The average molecular weight is 238 g/mol. The zero-order chi connectivity index (χ0) is 11.4. The maximum atomic E-state index is 10.3. The molecule has 4 nitrogen and oxygen atoms in total. The first-order valence-corrected chi connectivity index (χ1v) is 4.59. The first kappa shape index (κ1) is 16.8. The number of carboxylic acid groups (broad SMARTS) is 1. The monoisotopic (exact) mass is 237 g/mol. The molecule has 0 bridgehead atoms. The van der Waals surface area contributed by atoms with Crippen LogP contribution in [0.3, 0.4) is 0 Å². The number of aliphatic hydroxyl groups excluding tert-OH is 1. The van der Waals surface area contributed by atoms with Gasteiger partial charge in [-0.25, -0.2) is 0 Å². The van der Waals surface area contributed by atoms with Crippen molar-refractivity contribution in [3.05, 3.63) is 11.6 Å². The van der Waals surface area contributed by atoms with Gasteiger partial charge in [0.1, 0.15) is 12.6 Å². The molecule has 0 saturated heterocycles. The van der Waals surface area contributed by atoms with E-state index in [9.17, 15) is 15.0 Å². The molecule has 1 atom stereocenters. The van der Waals surface area contributed by atoms with Crippen LogP contribution >= 0.6 is 12.4 Å². The van der Waals surface area contributed by atoms with E-state index >= 15 is 0 Å². The molecule has 0 amide bonds. The van der Waals surface area contributed by atoms with Gasteiger partial charge >= 0.3 is 0 Å². The van der Waals surface area contributed by atoms with E-state index in [2.05, 4.69) is 0 Å². The molecule has 0 saturated carbocycles. The highest BCUT2D eigenvalue weighted by Gasteiger charge is 2.13. The van der Waals surface area contributed by atoms with Crippen molar-refractivity contribution in [1.82, 2.24) is 0 Å². The van der Waals surface area contributed by atoms with Crippen LogP contribution in [0, 0.1) is 0 Å². The number of halogens is 1. The molecule has 5 heteroatoms. The van der Waals surface area contributed by atoms with Crippen LogP contribution in [0.2, 0.25) is 0 Å². The highest BCUT2D eigenvalue weighted by molar-refractivity contribution is 5.85. The first-order valence-electron chi connectivity index (χ1n) is 4.59. The molecule has 0 aromatic carbocycles. The van der Waals surface area contributed by atoms with E-state index in [1.54, 1.807) is 0 Å². The molecule has 0 aliphatic heterocycles. The minimum absolute atomic E-state index is 0. The van der Waals surface area contributed by atoms with Crippen molar-refractivity contribution in [3.8, 4) is 0 Å². The number of carbonyl (C=O) groups excluding carboxylic acids is 1. The molecule has 0 radical (unpaired) electrons. The van der Waals surface area contributed by atoms with Crippen molar-refractivity contribution >= 4 is 18.4 Å². The normalized spacial score (nSPS) is 14.3. The van der Waals surface area contributed by atoms with Gasteiger partial charge in [0.2, 0.25) is 0 Å². The molecule has 15 heavy (non-hydrogen) atoms. The molecule has 0 aliphatic rings. The second kappa shape index (κ2) is 6.82. The summed E-state index contributed by atoms with van der Waals surface area (Å²) in [4.78, 5) is 10.3. The minimum Gasteiger partial charge on any atom is -0.545 e. The van der Waals surface area contributed by atoms with Crippen LogP contribution in [0.5, 0.6) is 0 Å². The SMILES string of the molecule is CC(=CCC(O)C[N+](C)(C)C)C(=O)[O-].Cl. The van der Waals surface area contributed by atoms with E-state index in [4.69, 9.17) is 0 Å². The molecule has 90 valence electrons. The van der Waals surface area contributed by atoms with E-state index < -0.39 is 12.1 Å². The van der Waals surface area contributed by atoms with Gasteiger partial charge in [-0.15, -0.1) is 12.4 Å². The van der Waals surface area contributed by atoms with E-state index in [1.165, 1.54) is 13.0 Å². The topological polar surface area (TPSA) is 60.4 Å². The fraction of sp³-hybridized carbons (Fsp3) is 0.700. The molecule has 0 aromatic rings. The van der Waals surface area contributed by atoms with Crippen molar-refractivity contribution < 1.29 is 19.5 Å². The smallest absolute Gasteiger partial charge is 0.106 e. The van der Waals surface area contributed by atoms with Crippen molar-refractivity contribution in [1.29, 1.82) is 0 Å². The standard InChI is InChI=1S/C10H19NO3.ClH/c1-8(10(13)14)5-6-9(12)7-11(2,3)4;/h5,9,12H,6-7H2,1-4H3;1H. The Morgan fingerprint density at radius 1 is 1.47 bits per heavy atom. The number of aliphatic hydroxyl groups is 1. The number of hydrogen-bond acceptors (Lipinski definition) is 3. The molecule has 0 heterocycles. The Kier molecular flexibility index (Phi) is 7.66. The molecule has 0 aromatic heterocycles. The Labute approximate surface area is 97.2 Å². The number of aliphatic carboxylic acids is 1. The molecule has 0 rings (SSSR count). The van der Waals surface area contributed by atoms with Crippen molar-refractivity contribution in [3.63, 3.8) is 0 Å². The number of carbonyl (C=O) groups is 1. The van der Waals surface area contributed by atoms with Gasteiger partial charge in [-0.05, 0) is 18.9 Å². The Hall–Kier alpha value is -0.580. The van der Waals surface area contributed by atoms with Crippen LogP contribution < -0.4 is 5.11 Å². The third-order valence-electron chi connectivity index (χ3n) is 1.78. The Morgan fingerprint density at radius 2 is 1.93 bits per heavy atom. The predicted molar refractivity (Wildman–Crippen MR) is 59.5 cm³/mol. The second-order valence-electron chi connectivity index (χ2n) is 4.54. The quantitative estimate of drug-likeness (QED) is 0.521. The first-order chi connectivity index (χ1) is 6.22. The number of carboxylic acids is 1. The third kappa shape index (κ3) is 9.72. The Morgan fingerprint density at radius 3 is 2.27 bits per heavy atom. The fourth-order valence-electron chi connectivity index (χ4n) is 1.10. The van der Waals surface area contributed by atoms with Gasteiger partial charge in [-0.1, -0.05) is 6.08 Å². The largest absolute Gasteiger partial charge is 0.545 e. The summed E-state index contributed by atoms with van der Waals surface area (Å²) in [5, 5.41) is 19.9. The van der Waals surface area contributed by atoms with Gasteiger partial charge in [0.05, 0.1) is 27.1 Å². The van der Waals surface area contributed by atoms with Crippen molar-refractivity contribution in [2.75, 3.05) is 27.7 Å². The van der Waals surface area contributed by atoms with E-state index in [-0.39, 0.29) is 18.0 Å². The van der Waals surface area contributed by atoms with Crippen LogP contribution in [0.4, 0.5) is 0 Å². The summed E-state index contributed by atoms with van der Waals surface area (Å²) in [5.74, 6) is -1.18. The summed E-state index contributed by atoms with van der Waals surface area (Å²) in [7, 11) is 5.91. The fourth-order valence-corrected chi connectivity index (χ4v) is 1.10. The zero-order valence-corrected chi connectivity index (χ0v) is 10.5. The van der Waals surface area contributed by atoms with Crippen LogP contribution in [-0.4, -0.2) is 49.4 Å². The highest BCUT2D eigenvalue weighted by Crippen LogP contribution is 2.02. The van der Waals surface area contributed by atoms with Crippen LogP contribution in [0.15, 0.2) is 11.6 Å². The zero-order valence-electron chi connectivity index (χ0n) is 9.69. The van der Waals surface area contributed by atoms with Gasteiger partial charge in [-0.3, -0.25) is 0 Å². The molecule has 0 fully saturated rings. The molecular weight excluding hydrogens is 218 g/mol. The van der Waals surface area contributed by atoms with Crippen LogP contribution in [-0.2, 0) is 4.79 Å². The van der Waals surface area contributed by atoms with Gasteiger partial charge in [0, 0.05) is 0 Å². The van der Waals surface area contributed by atoms with E-state index in [0.717, 1.165) is 0 Å². The number of hydrogen-bond donors (Lipinski definition) is 1. The number of rotatable bonds is 5. The van der Waals surface area contributed by atoms with Gasteiger partial charge in [0.25, 0.3) is 0 Å². The van der Waals surface area contributed by atoms with Gasteiger partial charge in [0.15, 0.2) is 0 Å². The van der Waals surface area contributed by atoms with Crippen molar-refractivity contribution in [2.24, 2.45) is 0 Å². The molecule has 0 spiro atoms. The van der Waals surface area contributed by atoms with Crippen LogP contribution in [0.25, 0.3) is 0 Å². The summed E-state index contributed by atoms with van der Waals surface area (Å²) in [6.07, 6.45) is 1.34. The molecule has 1 N–H and O–H groups in total. The summed E-state index contributed by atoms with van der Waals surface area (Å²) in [6.45, 7) is 2.06.